The van der Waals surface area contributed by atoms with Crippen molar-refractivity contribution in [3.8, 4) is 0 Å². The first-order valence-corrected chi connectivity index (χ1v) is 12.5. The molecule has 1 atom stereocenters. The second-order valence-corrected chi connectivity index (χ2v) is 11.1. The zero-order valence-corrected chi connectivity index (χ0v) is 20.9. The van der Waals surface area contributed by atoms with E-state index in [4.69, 9.17) is 11.6 Å². The second kappa shape index (κ2) is 10.5. The van der Waals surface area contributed by atoms with E-state index in [1.165, 1.54) is 11.0 Å². The van der Waals surface area contributed by atoms with Gasteiger partial charge in [0, 0.05) is 12.1 Å². The average molecular weight is 498 g/mol. The van der Waals surface area contributed by atoms with Gasteiger partial charge in [-0.25, -0.2) is 12.8 Å². The maximum Gasteiger partial charge on any atom is 0.244 e. The molecule has 0 spiro atoms. The molecule has 0 saturated carbocycles. The van der Waals surface area contributed by atoms with E-state index in [0.717, 1.165) is 28.3 Å². The van der Waals surface area contributed by atoms with E-state index in [1.54, 1.807) is 19.1 Å². The summed E-state index contributed by atoms with van der Waals surface area (Å²) in [7, 11) is -3.92. The number of nitrogens with zero attached hydrogens (tertiary/aromatic N) is 2. The van der Waals surface area contributed by atoms with Crippen molar-refractivity contribution in [1.82, 2.24) is 10.2 Å². The molecule has 0 aliphatic heterocycles. The fourth-order valence-corrected chi connectivity index (χ4v) is 4.11. The average Bonchev–Trinajstić information content (AvgIpc) is 2.70. The van der Waals surface area contributed by atoms with Crippen molar-refractivity contribution in [1.29, 1.82) is 0 Å². The van der Waals surface area contributed by atoms with Gasteiger partial charge in [0.25, 0.3) is 0 Å². The lowest BCUT2D eigenvalue weighted by Crippen LogP contribution is -2.54. The highest BCUT2D eigenvalue weighted by Gasteiger charge is 2.31. The van der Waals surface area contributed by atoms with Crippen LogP contribution in [0, 0.1) is 5.82 Å². The minimum absolute atomic E-state index is 0.0451. The van der Waals surface area contributed by atoms with Gasteiger partial charge in [-0.15, -0.1) is 0 Å². The molecule has 2 aromatic carbocycles. The molecule has 0 heterocycles. The number of anilines is 1. The van der Waals surface area contributed by atoms with Gasteiger partial charge in [-0.2, -0.15) is 0 Å². The highest BCUT2D eigenvalue weighted by molar-refractivity contribution is 7.92. The van der Waals surface area contributed by atoms with Crippen LogP contribution in [-0.4, -0.2) is 49.5 Å². The Bertz CT molecular complexity index is 1100. The Kier molecular flexibility index (Phi) is 8.48. The van der Waals surface area contributed by atoms with Gasteiger partial charge < -0.3 is 10.2 Å². The van der Waals surface area contributed by atoms with Gasteiger partial charge in [-0.05, 0) is 51.5 Å². The molecule has 2 rings (SSSR count). The molecule has 0 aromatic heterocycles. The smallest absolute Gasteiger partial charge is 0.244 e. The van der Waals surface area contributed by atoms with Crippen LogP contribution in [0.1, 0.15) is 33.3 Å². The van der Waals surface area contributed by atoms with Crippen LogP contribution in [0.4, 0.5) is 10.1 Å². The molecule has 10 heteroatoms. The molecule has 180 valence electrons. The van der Waals surface area contributed by atoms with Crippen molar-refractivity contribution in [2.45, 2.75) is 45.8 Å². The summed E-state index contributed by atoms with van der Waals surface area (Å²) < 4.78 is 39.4. The molecule has 0 bridgehead atoms. The number of carbonyl (C=O) groups is 2. The van der Waals surface area contributed by atoms with Gasteiger partial charge in [-0.1, -0.05) is 41.9 Å². The van der Waals surface area contributed by atoms with Crippen molar-refractivity contribution in [2.24, 2.45) is 0 Å². The van der Waals surface area contributed by atoms with Crippen LogP contribution in [0.5, 0.6) is 0 Å². The van der Waals surface area contributed by atoms with Crippen molar-refractivity contribution >= 4 is 39.1 Å². The van der Waals surface area contributed by atoms with Crippen molar-refractivity contribution in [2.75, 3.05) is 17.1 Å². The lowest BCUT2D eigenvalue weighted by atomic mass is 10.1. The monoisotopic (exact) mass is 497 g/mol. The van der Waals surface area contributed by atoms with E-state index in [0.29, 0.717) is 0 Å². The number of amides is 2. The third kappa shape index (κ3) is 7.71. The molecule has 0 radical (unpaired) electrons. The Hall–Kier alpha value is -2.65. The van der Waals surface area contributed by atoms with Gasteiger partial charge in [0.05, 0.1) is 17.0 Å². The van der Waals surface area contributed by atoms with Crippen molar-refractivity contribution in [3.05, 3.63) is 64.9 Å². The first-order valence-electron chi connectivity index (χ1n) is 10.3. The van der Waals surface area contributed by atoms with E-state index in [9.17, 15) is 22.4 Å². The van der Waals surface area contributed by atoms with E-state index in [1.807, 2.05) is 39.0 Å². The minimum Gasteiger partial charge on any atom is -0.350 e. The molecule has 2 amide bonds. The highest BCUT2D eigenvalue weighted by atomic mass is 35.5. The molecular weight excluding hydrogens is 469 g/mol. The Morgan fingerprint density at radius 3 is 2.24 bits per heavy atom. The zero-order valence-electron chi connectivity index (χ0n) is 19.3. The third-order valence-corrected chi connectivity index (χ3v) is 6.16. The van der Waals surface area contributed by atoms with Crippen LogP contribution in [0.15, 0.2) is 48.5 Å². The fraction of sp³-hybridized carbons (Fsp3) is 0.391. The van der Waals surface area contributed by atoms with Gasteiger partial charge in [0.2, 0.25) is 21.8 Å². The molecule has 0 unspecified atom stereocenters. The summed E-state index contributed by atoms with van der Waals surface area (Å²) in [5.74, 6) is -1.68. The fourth-order valence-electron chi connectivity index (χ4n) is 3.09. The molecule has 2 aromatic rings. The molecular formula is C23H29ClFN3O4S. The number of benzene rings is 2. The lowest BCUT2D eigenvalue weighted by Gasteiger charge is -2.33. The first-order chi connectivity index (χ1) is 15.2. The molecule has 7 nitrogen and oxygen atoms in total. The maximum absolute atomic E-state index is 13.6. The number of halogens is 2. The van der Waals surface area contributed by atoms with Crippen LogP contribution >= 0.6 is 11.6 Å². The third-order valence-electron chi connectivity index (χ3n) is 4.73. The van der Waals surface area contributed by atoms with Gasteiger partial charge >= 0.3 is 0 Å². The predicted octanol–water partition coefficient (Wildman–Crippen LogP) is 3.58. The Labute approximate surface area is 199 Å². The van der Waals surface area contributed by atoms with Gasteiger partial charge in [-0.3, -0.25) is 13.9 Å². The number of rotatable bonds is 8. The molecule has 0 fully saturated rings. The van der Waals surface area contributed by atoms with E-state index in [-0.39, 0.29) is 23.2 Å². The normalized spacial score (nSPS) is 12.7. The molecule has 0 aliphatic carbocycles. The summed E-state index contributed by atoms with van der Waals surface area (Å²) in [4.78, 5) is 27.5. The number of hydrogen-bond acceptors (Lipinski definition) is 4. The maximum atomic E-state index is 13.6. The van der Waals surface area contributed by atoms with E-state index in [2.05, 4.69) is 5.32 Å². The first kappa shape index (κ1) is 26.6. The Balaban J connectivity index is 2.40. The van der Waals surface area contributed by atoms with Crippen LogP contribution in [0.25, 0.3) is 0 Å². The number of nitrogens with one attached hydrogen (secondary N) is 1. The second-order valence-electron chi connectivity index (χ2n) is 8.79. The van der Waals surface area contributed by atoms with Crippen LogP contribution in [0.2, 0.25) is 5.02 Å². The van der Waals surface area contributed by atoms with Crippen LogP contribution < -0.4 is 9.62 Å². The van der Waals surface area contributed by atoms with Crippen molar-refractivity contribution in [3.63, 3.8) is 0 Å². The van der Waals surface area contributed by atoms with Gasteiger partial charge in [0.1, 0.15) is 18.4 Å². The summed E-state index contributed by atoms with van der Waals surface area (Å²) in [5.41, 5.74) is 0.303. The Morgan fingerprint density at radius 2 is 1.73 bits per heavy atom. The summed E-state index contributed by atoms with van der Waals surface area (Å²) in [6.45, 7) is 6.57. The Morgan fingerprint density at radius 1 is 1.12 bits per heavy atom. The van der Waals surface area contributed by atoms with E-state index < -0.39 is 39.9 Å². The van der Waals surface area contributed by atoms with Crippen LogP contribution in [0.3, 0.4) is 0 Å². The van der Waals surface area contributed by atoms with Gasteiger partial charge in [0.15, 0.2) is 0 Å². The number of hydrogen-bond donors (Lipinski definition) is 1. The SMILES string of the molecule is C[C@H](C(=O)NC(C)(C)C)N(Cc1ccccc1)C(=O)CN(c1ccc(F)c(Cl)c1)S(C)(=O)=O. The quantitative estimate of drug-likeness (QED) is 0.604. The molecule has 0 aliphatic rings. The van der Waals surface area contributed by atoms with Crippen molar-refractivity contribution < 1.29 is 22.4 Å². The summed E-state index contributed by atoms with van der Waals surface area (Å²) in [6.07, 6.45) is 0.939. The summed E-state index contributed by atoms with van der Waals surface area (Å²) in [5, 5.41) is 2.57. The molecule has 33 heavy (non-hydrogen) atoms. The highest BCUT2D eigenvalue weighted by Crippen LogP contribution is 2.25. The zero-order chi connectivity index (χ0) is 25.0. The number of carbonyl (C=O) groups excluding carboxylic acids is 2. The predicted molar refractivity (Wildman–Crippen MR) is 128 cm³/mol. The topological polar surface area (TPSA) is 86.8 Å². The number of sulfonamides is 1. The minimum atomic E-state index is -3.92. The van der Waals surface area contributed by atoms with E-state index >= 15 is 0 Å². The lowest BCUT2D eigenvalue weighted by molar-refractivity contribution is -0.140. The van der Waals surface area contributed by atoms with Crippen LogP contribution in [-0.2, 0) is 26.2 Å². The molecule has 0 saturated heterocycles. The molecule has 1 N–H and O–H groups in total. The standard InChI is InChI=1S/C23H29ClFN3O4S/c1-16(22(30)26-23(2,3)4)27(14-17-9-7-6-8-10-17)21(29)15-28(33(5,31)32)18-11-12-20(25)19(24)13-18/h6-13,16H,14-15H2,1-5H3,(H,26,30)/t16-/m1/s1. The summed E-state index contributed by atoms with van der Waals surface area (Å²) >= 11 is 5.82. The largest absolute Gasteiger partial charge is 0.350 e. The summed E-state index contributed by atoms with van der Waals surface area (Å²) in [6, 6.07) is 11.6.